The Labute approximate surface area is 115 Å². The molecule has 0 bridgehead atoms. The molecule has 0 radical (unpaired) electrons. The third-order valence-corrected chi connectivity index (χ3v) is 4.71. The molecule has 1 aliphatic carbocycles. The van der Waals surface area contributed by atoms with Crippen molar-refractivity contribution in [2.24, 2.45) is 11.8 Å². The number of imide groups is 1. The molecule has 19 heavy (non-hydrogen) atoms. The number of carbonyl (C=O) groups is 2. The lowest BCUT2D eigenvalue weighted by atomic mass is 9.75. The maximum absolute atomic E-state index is 12.0. The summed E-state index contributed by atoms with van der Waals surface area (Å²) in [5, 5.41) is 4.78. The first-order valence-corrected chi connectivity index (χ1v) is 7.38. The van der Waals surface area contributed by atoms with Gasteiger partial charge in [0.15, 0.2) is 0 Å². The monoisotopic (exact) mass is 267 g/mol. The number of amides is 3. The zero-order chi connectivity index (χ0) is 13.8. The van der Waals surface area contributed by atoms with Crippen molar-refractivity contribution in [3.8, 4) is 0 Å². The minimum Gasteiger partial charge on any atom is -0.341 e. The fraction of sp³-hybridized carbons (Fsp3) is 0.857. The quantitative estimate of drug-likeness (QED) is 0.794. The summed E-state index contributed by atoms with van der Waals surface area (Å²) in [6, 6.07) is -0.649. The van der Waals surface area contributed by atoms with Crippen molar-refractivity contribution in [1.29, 1.82) is 0 Å². The molecule has 108 valence electrons. The van der Waals surface area contributed by atoms with Crippen molar-refractivity contribution in [2.45, 2.75) is 45.1 Å². The number of fused-ring (bicyclic) bond motifs is 1. The van der Waals surface area contributed by atoms with Gasteiger partial charge >= 0.3 is 6.03 Å². The fourth-order valence-corrected chi connectivity index (χ4v) is 3.43. The zero-order valence-corrected chi connectivity index (χ0v) is 11.9. The van der Waals surface area contributed by atoms with Gasteiger partial charge in [-0.05, 0) is 38.1 Å². The molecule has 0 aromatic rings. The number of piperidine rings is 1. The molecular weight excluding hydrogens is 242 g/mol. The van der Waals surface area contributed by atoms with Crippen LogP contribution in [0.25, 0.3) is 0 Å². The van der Waals surface area contributed by atoms with E-state index in [0.717, 1.165) is 24.9 Å². The third-order valence-electron chi connectivity index (χ3n) is 4.71. The Bertz CT molecular complexity index is 346. The number of urea groups is 1. The van der Waals surface area contributed by atoms with Gasteiger partial charge in [0, 0.05) is 13.6 Å². The highest BCUT2D eigenvalue weighted by atomic mass is 16.2. The second-order valence-corrected chi connectivity index (χ2v) is 5.83. The second-order valence-electron chi connectivity index (χ2n) is 5.83. The average Bonchev–Trinajstić information content (AvgIpc) is 2.45. The fourth-order valence-electron chi connectivity index (χ4n) is 3.43. The first-order valence-electron chi connectivity index (χ1n) is 7.38. The number of rotatable bonds is 2. The number of carbonyl (C=O) groups excluding carboxylic acids is 2. The van der Waals surface area contributed by atoms with E-state index in [1.165, 1.54) is 39.2 Å². The van der Waals surface area contributed by atoms with Crippen LogP contribution in [0.2, 0.25) is 0 Å². The molecule has 2 rings (SSSR count). The molecular formula is C14H25N3O2. The molecule has 0 spiro atoms. The van der Waals surface area contributed by atoms with Crippen LogP contribution in [0.1, 0.15) is 39.0 Å². The number of nitrogens with one attached hydrogen (secondary N) is 2. The highest BCUT2D eigenvalue weighted by Gasteiger charge is 2.34. The Morgan fingerprint density at radius 1 is 1.16 bits per heavy atom. The summed E-state index contributed by atoms with van der Waals surface area (Å²) in [4.78, 5) is 25.4. The summed E-state index contributed by atoms with van der Waals surface area (Å²) in [6.45, 7) is 3.87. The summed E-state index contributed by atoms with van der Waals surface area (Å²) < 4.78 is 0. The number of hydrogen-bond acceptors (Lipinski definition) is 3. The normalized spacial score (nSPS) is 29.2. The van der Waals surface area contributed by atoms with Gasteiger partial charge in [-0.25, -0.2) is 4.79 Å². The molecule has 3 amide bonds. The standard InChI is InChI=1S/C14H25N3O2/c1-10(13(18)16-14(19)15-2)17-8-7-11-5-3-4-6-12(11)9-17/h10-12H,3-9H2,1-2H3,(H2,15,16,18,19)/t10-,11+,12-/m0/s1. The molecule has 0 aromatic heterocycles. The molecule has 1 saturated carbocycles. The van der Waals surface area contributed by atoms with Crippen molar-refractivity contribution >= 4 is 11.9 Å². The first kappa shape index (κ1) is 14.3. The van der Waals surface area contributed by atoms with Crippen molar-refractivity contribution in [2.75, 3.05) is 20.1 Å². The van der Waals surface area contributed by atoms with Crippen LogP contribution in [0.15, 0.2) is 0 Å². The van der Waals surface area contributed by atoms with E-state index in [1.54, 1.807) is 0 Å². The van der Waals surface area contributed by atoms with Gasteiger partial charge in [-0.1, -0.05) is 19.3 Å². The SMILES string of the molecule is CNC(=O)NC(=O)[C@H](C)N1CC[C@H]2CCCC[C@H]2C1. The largest absolute Gasteiger partial charge is 0.341 e. The van der Waals surface area contributed by atoms with Gasteiger partial charge in [-0.15, -0.1) is 0 Å². The summed E-state index contributed by atoms with van der Waals surface area (Å²) in [7, 11) is 1.51. The van der Waals surface area contributed by atoms with Gasteiger partial charge in [-0.2, -0.15) is 0 Å². The van der Waals surface area contributed by atoms with Crippen LogP contribution >= 0.6 is 0 Å². The lowest BCUT2D eigenvalue weighted by Crippen LogP contribution is -2.53. The molecule has 2 aliphatic rings. The summed E-state index contributed by atoms with van der Waals surface area (Å²) in [6.07, 6.45) is 6.55. The lowest BCUT2D eigenvalue weighted by molar-refractivity contribution is -0.126. The smallest absolute Gasteiger partial charge is 0.321 e. The van der Waals surface area contributed by atoms with Crippen LogP contribution in [-0.4, -0.2) is 43.0 Å². The minimum absolute atomic E-state index is 0.200. The van der Waals surface area contributed by atoms with E-state index in [9.17, 15) is 9.59 Å². The molecule has 5 nitrogen and oxygen atoms in total. The molecule has 1 saturated heterocycles. The molecule has 1 aliphatic heterocycles. The Morgan fingerprint density at radius 2 is 1.84 bits per heavy atom. The maximum Gasteiger partial charge on any atom is 0.321 e. The number of hydrogen-bond donors (Lipinski definition) is 2. The Morgan fingerprint density at radius 3 is 2.53 bits per heavy atom. The predicted octanol–water partition coefficient (Wildman–Crippen LogP) is 1.34. The van der Waals surface area contributed by atoms with Crippen LogP contribution in [0, 0.1) is 11.8 Å². The molecule has 0 aromatic carbocycles. The Balaban J connectivity index is 1.87. The second kappa shape index (κ2) is 6.37. The highest BCUT2D eigenvalue weighted by molar-refractivity contribution is 5.96. The molecule has 3 atom stereocenters. The van der Waals surface area contributed by atoms with E-state index < -0.39 is 6.03 Å². The van der Waals surface area contributed by atoms with E-state index in [0.29, 0.717) is 0 Å². The molecule has 2 N–H and O–H groups in total. The van der Waals surface area contributed by atoms with Gasteiger partial charge in [0.2, 0.25) is 5.91 Å². The van der Waals surface area contributed by atoms with Crippen LogP contribution in [0.4, 0.5) is 4.79 Å². The molecule has 5 heteroatoms. The maximum atomic E-state index is 12.0. The van der Waals surface area contributed by atoms with E-state index >= 15 is 0 Å². The minimum atomic E-state index is -0.426. The zero-order valence-electron chi connectivity index (χ0n) is 11.9. The number of likely N-dealkylation sites (tertiary alicyclic amines) is 1. The third kappa shape index (κ3) is 3.47. The van der Waals surface area contributed by atoms with Crippen LogP contribution in [0.5, 0.6) is 0 Å². The van der Waals surface area contributed by atoms with Crippen molar-refractivity contribution in [3.63, 3.8) is 0 Å². The van der Waals surface area contributed by atoms with E-state index in [1.807, 2.05) is 6.92 Å². The van der Waals surface area contributed by atoms with E-state index in [4.69, 9.17) is 0 Å². The summed E-state index contributed by atoms with van der Waals surface area (Å²) >= 11 is 0. The molecule has 0 unspecified atom stereocenters. The molecule has 2 fully saturated rings. The van der Waals surface area contributed by atoms with Gasteiger partial charge in [-0.3, -0.25) is 15.0 Å². The van der Waals surface area contributed by atoms with Crippen molar-refractivity contribution in [1.82, 2.24) is 15.5 Å². The topological polar surface area (TPSA) is 61.4 Å². The van der Waals surface area contributed by atoms with Crippen LogP contribution in [-0.2, 0) is 4.79 Å². The van der Waals surface area contributed by atoms with Gasteiger partial charge in [0.25, 0.3) is 0 Å². The lowest BCUT2D eigenvalue weighted by Gasteiger charge is -2.43. The summed E-state index contributed by atoms with van der Waals surface area (Å²) in [5.74, 6) is 1.41. The predicted molar refractivity (Wildman–Crippen MR) is 73.7 cm³/mol. The first-order chi connectivity index (χ1) is 9.11. The highest BCUT2D eigenvalue weighted by Crippen LogP contribution is 2.36. The van der Waals surface area contributed by atoms with Gasteiger partial charge in [0.05, 0.1) is 6.04 Å². The summed E-state index contributed by atoms with van der Waals surface area (Å²) in [5.41, 5.74) is 0. The van der Waals surface area contributed by atoms with Crippen molar-refractivity contribution in [3.05, 3.63) is 0 Å². The Kier molecular flexibility index (Phi) is 4.80. The van der Waals surface area contributed by atoms with E-state index in [2.05, 4.69) is 15.5 Å². The van der Waals surface area contributed by atoms with E-state index in [-0.39, 0.29) is 11.9 Å². The van der Waals surface area contributed by atoms with Crippen LogP contribution in [0.3, 0.4) is 0 Å². The van der Waals surface area contributed by atoms with Gasteiger partial charge in [0.1, 0.15) is 0 Å². The molecule has 1 heterocycles. The van der Waals surface area contributed by atoms with Crippen LogP contribution < -0.4 is 10.6 Å². The Hall–Kier alpha value is -1.10. The number of nitrogens with zero attached hydrogens (tertiary/aromatic N) is 1. The van der Waals surface area contributed by atoms with Crippen molar-refractivity contribution < 1.29 is 9.59 Å². The average molecular weight is 267 g/mol. The van der Waals surface area contributed by atoms with Gasteiger partial charge < -0.3 is 5.32 Å².